The Morgan fingerprint density at radius 2 is 2.30 bits per heavy atom. The van der Waals surface area contributed by atoms with Crippen LogP contribution in [0.2, 0.25) is 5.02 Å². The number of rotatable bonds is 5. The number of benzene rings is 1. The molecule has 1 amide bonds. The average molecular weight is 296 g/mol. The first-order chi connectivity index (χ1) is 9.60. The summed E-state index contributed by atoms with van der Waals surface area (Å²) in [7, 11) is 1.50. The Morgan fingerprint density at radius 3 is 2.95 bits per heavy atom. The maximum absolute atomic E-state index is 12.1. The van der Waals surface area contributed by atoms with Crippen molar-refractivity contribution >= 4 is 17.5 Å². The molecule has 0 aliphatic heterocycles. The van der Waals surface area contributed by atoms with E-state index in [1.165, 1.54) is 7.11 Å². The predicted octanol–water partition coefficient (Wildman–Crippen LogP) is 2.01. The van der Waals surface area contributed by atoms with E-state index in [9.17, 15) is 4.79 Å². The quantitative estimate of drug-likeness (QED) is 0.913. The van der Waals surface area contributed by atoms with Crippen LogP contribution in [0.1, 0.15) is 22.1 Å². The van der Waals surface area contributed by atoms with Gasteiger partial charge in [0.1, 0.15) is 5.75 Å². The zero-order chi connectivity index (χ0) is 14.5. The van der Waals surface area contributed by atoms with E-state index < -0.39 is 0 Å². The van der Waals surface area contributed by atoms with Gasteiger partial charge in [0.25, 0.3) is 5.91 Å². The second kappa shape index (κ2) is 6.38. The molecule has 20 heavy (non-hydrogen) atoms. The number of aromatic nitrogens is 2. The fourth-order valence-electron chi connectivity index (χ4n) is 1.68. The minimum absolute atomic E-state index is 0.263. The van der Waals surface area contributed by atoms with Gasteiger partial charge in [-0.2, -0.15) is 4.98 Å². The van der Waals surface area contributed by atoms with Gasteiger partial charge in [-0.25, -0.2) is 0 Å². The molecule has 0 aliphatic carbocycles. The number of nitrogens with one attached hydrogen (secondary N) is 1. The van der Waals surface area contributed by atoms with Crippen LogP contribution in [0.4, 0.5) is 0 Å². The smallest absolute Gasteiger partial charge is 0.255 e. The van der Waals surface area contributed by atoms with Crippen LogP contribution in [0.3, 0.4) is 0 Å². The summed E-state index contributed by atoms with van der Waals surface area (Å²) in [5.74, 6) is 1.27. The Balaban J connectivity index is 1.96. The third-order valence-electron chi connectivity index (χ3n) is 2.60. The highest BCUT2D eigenvalue weighted by molar-refractivity contribution is 6.31. The predicted molar refractivity (Wildman–Crippen MR) is 73.1 cm³/mol. The van der Waals surface area contributed by atoms with Crippen LogP contribution in [0.25, 0.3) is 0 Å². The van der Waals surface area contributed by atoms with E-state index in [0.717, 1.165) is 0 Å². The van der Waals surface area contributed by atoms with Crippen LogP contribution in [0, 0.1) is 6.92 Å². The van der Waals surface area contributed by atoms with Crippen molar-refractivity contribution in [2.24, 2.45) is 0 Å². The molecule has 0 atom stereocenters. The number of carbonyl (C=O) groups excluding carboxylic acids is 1. The Kier molecular flexibility index (Phi) is 4.57. The van der Waals surface area contributed by atoms with Crippen LogP contribution >= 0.6 is 11.6 Å². The maximum Gasteiger partial charge on any atom is 0.255 e. The molecule has 1 aromatic heterocycles. The van der Waals surface area contributed by atoms with Gasteiger partial charge in [0.2, 0.25) is 5.89 Å². The summed E-state index contributed by atoms with van der Waals surface area (Å²) >= 11 is 5.88. The molecular formula is C13H14ClN3O3. The topological polar surface area (TPSA) is 77.2 Å². The highest BCUT2D eigenvalue weighted by Crippen LogP contribution is 2.22. The lowest BCUT2D eigenvalue weighted by molar-refractivity contribution is 0.0950. The zero-order valence-electron chi connectivity index (χ0n) is 11.1. The number of methoxy groups -OCH3 is 1. The monoisotopic (exact) mass is 295 g/mol. The van der Waals surface area contributed by atoms with E-state index >= 15 is 0 Å². The van der Waals surface area contributed by atoms with E-state index in [2.05, 4.69) is 15.5 Å². The molecule has 0 fully saturated rings. The standard InChI is InChI=1S/C13H14ClN3O3/c1-8-16-12(20-17-8)5-6-15-13(18)10-7-9(14)3-4-11(10)19-2/h3-4,7H,5-6H2,1-2H3,(H,15,18). The van der Waals surface area contributed by atoms with Gasteiger partial charge in [-0.3, -0.25) is 4.79 Å². The van der Waals surface area contributed by atoms with E-state index in [-0.39, 0.29) is 5.91 Å². The van der Waals surface area contributed by atoms with Gasteiger partial charge in [0, 0.05) is 18.0 Å². The summed E-state index contributed by atoms with van der Waals surface area (Å²) in [5.41, 5.74) is 0.390. The first kappa shape index (κ1) is 14.3. The second-order valence-electron chi connectivity index (χ2n) is 4.09. The molecule has 1 N–H and O–H groups in total. The third kappa shape index (κ3) is 3.48. The average Bonchev–Trinajstić information content (AvgIpc) is 2.84. The van der Waals surface area contributed by atoms with Crippen molar-refractivity contribution in [1.29, 1.82) is 0 Å². The number of nitrogens with zero attached hydrogens (tertiary/aromatic N) is 2. The second-order valence-corrected chi connectivity index (χ2v) is 4.52. The largest absolute Gasteiger partial charge is 0.496 e. The molecule has 1 aromatic carbocycles. The lowest BCUT2D eigenvalue weighted by atomic mass is 10.2. The highest BCUT2D eigenvalue weighted by Gasteiger charge is 2.13. The van der Waals surface area contributed by atoms with Gasteiger partial charge >= 0.3 is 0 Å². The van der Waals surface area contributed by atoms with Crippen molar-refractivity contribution in [3.8, 4) is 5.75 Å². The van der Waals surface area contributed by atoms with Gasteiger partial charge in [-0.15, -0.1) is 0 Å². The number of aryl methyl sites for hydroxylation is 1. The van der Waals surface area contributed by atoms with E-state index in [1.807, 2.05) is 0 Å². The molecule has 2 rings (SSSR count). The molecule has 0 bridgehead atoms. The van der Waals surface area contributed by atoms with Crippen molar-refractivity contribution in [2.45, 2.75) is 13.3 Å². The minimum Gasteiger partial charge on any atom is -0.496 e. The Bertz CT molecular complexity index is 613. The Morgan fingerprint density at radius 1 is 1.50 bits per heavy atom. The molecule has 0 unspecified atom stereocenters. The van der Waals surface area contributed by atoms with E-state index in [4.69, 9.17) is 20.9 Å². The van der Waals surface area contributed by atoms with E-state index in [1.54, 1.807) is 25.1 Å². The normalized spacial score (nSPS) is 10.3. The van der Waals surface area contributed by atoms with Crippen LogP contribution in [0.5, 0.6) is 5.75 Å². The summed E-state index contributed by atoms with van der Waals surface area (Å²) in [6.07, 6.45) is 0.468. The van der Waals surface area contributed by atoms with Gasteiger partial charge in [-0.1, -0.05) is 16.8 Å². The molecule has 0 spiro atoms. The van der Waals surface area contributed by atoms with Gasteiger partial charge < -0.3 is 14.6 Å². The molecule has 1 heterocycles. The van der Waals surface area contributed by atoms with E-state index in [0.29, 0.717) is 41.0 Å². The van der Waals surface area contributed by atoms with Crippen molar-refractivity contribution in [3.05, 3.63) is 40.5 Å². The van der Waals surface area contributed by atoms with Gasteiger partial charge in [0.05, 0.1) is 12.7 Å². The molecule has 2 aromatic rings. The van der Waals surface area contributed by atoms with Crippen molar-refractivity contribution < 1.29 is 14.1 Å². The number of hydrogen-bond donors (Lipinski definition) is 1. The van der Waals surface area contributed by atoms with Crippen LogP contribution < -0.4 is 10.1 Å². The third-order valence-corrected chi connectivity index (χ3v) is 2.84. The molecule has 6 nitrogen and oxygen atoms in total. The fraction of sp³-hybridized carbons (Fsp3) is 0.308. The van der Waals surface area contributed by atoms with Crippen molar-refractivity contribution in [3.63, 3.8) is 0 Å². The molecule has 7 heteroatoms. The molecule has 0 radical (unpaired) electrons. The Hall–Kier alpha value is -2.08. The SMILES string of the molecule is COc1ccc(Cl)cc1C(=O)NCCc1nc(C)no1. The molecule has 0 aliphatic rings. The molecule has 0 saturated heterocycles. The highest BCUT2D eigenvalue weighted by atomic mass is 35.5. The summed E-state index contributed by atoms with van der Waals surface area (Å²) in [6.45, 7) is 2.12. The number of carbonyl (C=O) groups is 1. The van der Waals surface area contributed by atoms with Crippen molar-refractivity contribution in [2.75, 3.05) is 13.7 Å². The zero-order valence-corrected chi connectivity index (χ0v) is 11.9. The van der Waals surface area contributed by atoms with Gasteiger partial charge in [0.15, 0.2) is 5.82 Å². The lowest BCUT2D eigenvalue weighted by Crippen LogP contribution is -2.26. The first-order valence-electron chi connectivity index (χ1n) is 6.01. The number of hydrogen-bond acceptors (Lipinski definition) is 5. The molecule has 0 saturated carbocycles. The van der Waals surface area contributed by atoms with Crippen LogP contribution in [0.15, 0.2) is 22.7 Å². The molecule has 106 valence electrons. The minimum atomic E-state index is -0.263. The summed E-state index contributed by atoms with van der Waals surface area (Å²) in [6, 6.07) is 4.88. The van der Waals surface area contributed by atoms with Gasteiger partial charge in [-0.05, 0) is 25.1 Å². The molecular weight excluding hydrogens is 282 g/mol. The number of amides is 1. The first-order valence-corrected chi connectivity index (χ1v) is 6.39. The summed E-state index contributed by atoms with van der Waals surface area (Å²) in [4.78, 5) is 16.1. The van der Waals surface area contributed by atoms with Crippen LogP contribution in [-0.4, -0.2) is 29.7 Å². The number of halogens is 1. The summed E-state index contributed by atoms with van der Waals surface area (Å²) in [5, 5.41) is 6.90. The Labute approximate surface area is 121 Å². The fourth-order valence-corrected chi connectivity index (χ4v) is 1.85. The van der Waals surface area contributed by atoms with Crippen molar-refractivity contribution in [1.82, 2.24) is 15.5 Å². The number of ether oxygens (including phenoxy) is 1. The lowest BCUT2D eigenvalue weighted by Gasteiger charge is -2.09. The van der Waals surface area contributed by atoms with Crippen LogP contribution in [-0.2, 0) is 6.42 Å². The maximum atomic E-state index is 12.1. The summed E-state index contributed by atoms with van der Waals surface area (Å²) < 4.78 is 10.1.